The van der Waals surface area contributed by atoms with Crippen LogP contribution in [-0.4, -0.2) is 37.2 Å². The molecule has 0 saturated carbocycles. The van der Waals surface area contributed by atoms with Gasteiger partial charge in [0.1, 0.15) is 0 Å². The number of nitrogens with zero attached hydrogens (tertiary/aromatic N) is 1. The summed E-state index contributed by atoms with van der Waals surface area (Å²) in [5.74, 6) is 1.88. The molecule has 0 atom stereocenters. The molecule has 2 aromatic rings. The van der Waals surface area contributed by atoms with E-state index < -0.39 is 5.91 Å². The van der Waals surface area contributed by atoms with Gasteiger partial charge in [0.05, 0.1) is 0 Å². The van der Waals surface area contributed by atoms with E-state index in [1.54, 1.807) is 6.07 Å². The molecule has 0 radical (unpaired) electrons. The zero-order chi connectivity index (χ0) is 20.4. The molecule has 2 aromatic carbocycles. The lowest BCUT2D eigenvalue weighted by molar-refractivity contribution is 0.1000. The molecule has 2 aliphatic heterocycles. The summed E-state index contributed by atoms with van der Waals surface area (Å²) in [6.07, 6.45) is 4.24. The number of nitrogens with two attached hydrogens (primary N) is 1. The summed E-state index contributed by atoms with van der Waals surface area (Å²) in [5, 5.41) is 0.560. The van der Waals surface area contributed by atoms with Crippen molar-refractivity contribution in [3.05, 3.63) is 56.5 Å². The Hall–Kier alpha value is -1.76. The number of piperidine rings is 1. The molecule has 7 heteroatoms. The van der Waals surface area contributed by atoms with Gasteiger partial charge >= 0.3 is 0 Å². The fourth-order valence-corrected chi connectivity index (χ4v) is 4.81. The lowest BCUT2D eigenvalue weighted by Crippen LogP contribution is -2.35. The lowest BCUT2D eigenvalue weighted by Gasteiger charge is -2.32. The Balaban J connectivity index is 1.29. The summed E-state index contributed by atoms with van der Waals surface area (Å²) in [5.41, 5.74) is 8.19. The van der Waals surface area contributed by atoms with Crippen LogP contribution < -0.4 is 15.2 Å². The zero-order valence-corrected chi connectivity index (χ0v) is 18.5. The van der Waals surface area contributed by atoms with Crippen LogP contribution in [0.25, 0.3) is 0 Å². The van der Waals surface area contributed by atoms with Crippen molar-refractivity contribution < 1.29 is 14.3 Å². The smallest absolute Gasteiger partial charge is 0.248 e. The molecule has 2 N–H and O–H groups in total. The molecule has 154 valence electrons. The highest BCUT2D eigenvalue weighted by Gasteiger charge is 2.22. The Morgan fingerprint density at radius 2 is 1.86 bits per heavy atom. The van der Waals surface area contributed by atoms with E-state index in [9.17, 15) is 4.79 Å². The van der Waals surface area contributed by atoms with E-state index in [1.165, 1.54) is 18.4 Å². The molecule has 4 rings (SSSR count). The van der Waals surface area contributed by atoms with Crippen molar-refractivity contribution in [1.29, 1.82) is 0 Å². The van der Waals surface area contributed by atoms with Crippen LogP contribution in [0.3, 0.4) is 0 Å². The minimum absolute atomic E-state index is 0.303. The first-order valence-corrected chi connectivity index (χ1v) is 11.0. The van der Waals surface area contributed by atoms with Crippen molar-refractivity contribution in [2.75, 3.05) is 26.4 Å². The van der Waals surface area contributed by atoms with Gasteiger partial charge in [-0.2, -0.15) is 0 Å². The van der Waals surface area contributed by atoms with Crippen molar-refractivity contribution in [1.82, 2.24) is 4.90 Å². The number of halogens is 2. The molecule has 0 aromatic heterocycles. The molecule has 5 nitrogen and oxygen atoms in total. The summed E-state index contributed by atoms with van der Waals surface area (Å²) < 4.78 is 12.0. The number of amides is 1. The average molecular weight is 480 g/mol. The van der Waals surface area contributed by atoms with Crippen LogP contribution in [0.15, 0.2) is 34.8 Å². The summed E-state index contributed by atoms with van der Waals surface area (Å²) in [6.45, 7) is 3.42. The fourth-order valence-electron chi connectivity index (χ4n) is 4.07. The molecular formula is C22H24BrClN2O3. The predicted octanol–water partition coefficient (Wildman–Crippen LogP) is 4.43. The average Bonchev–Trinajstić information content (AvgIpc) is 3.14. The van der Waals surface area contributed by atoms with Crippen molar-refractivity contribution in [2.24, 2.45) is 11.7 Å². The largest absolute Gasteiger partial charge is 0.454 e. The Morgan fingerprint density at radius 3 is 2.59 bits per heavy atom. The maximum absolute atomic E-state index is 11.4. The Labute approximate surface area is 184 Å². The van der Waals surface area contributed by atoms with Gasteiger partial charge in [-0.25, -0.2) is 0 Å². The van der Waals surface area contributed by atoms with Crippen LogP contribution in [0.2, 0.25) is 5.02 Å². The molecule has 0 aliphatic carbocycles. The summed E-state index contributed by atoms with van der Waals surface area (Å²) in [6, 6.07) is 9.50. The number of benzene rings is 2. The van der Waals surface area contributed by atoms with E-state index >= 15 is 0 Å². The van der Waals surface area contributed by atoms with Gasteiger partial charge < -0.3 is 20.1 Å². The second-order valence-electron chi connectivity index (χ2n) is 7.75. The van der Waals surface area contributed by atoms with Crippen molar-refractivity contribution in [2.45, 2.75) is 25.7 Å². The van der Waals surface area contributed by atoms with E-state index in [2.05, 4.69) is 26.9 Å². The van der Waals surface area contributed by atoms with Crippen LogP contribution >= 0.6 is 27.5 Å². The number of likely N-dealkylation sites (tertiary alicyclic amines) is 1. The monoisotopic (exact) mass is 478 g/mol. The van der Waals surface area contributed by atoms with E-state index in [1.807, 2.05) is 18.2 Å². The topological polar surface area (TPSA) is 64.8 Å². The van der Waals surface area contributed by atoms with E-state index in [4.69, 9.17) is 26.8 Å². The molecule has 0 spiro atoms. The number of carbonyl (C=O) groups is 1. The number of fused-ring (bicyclic) bond motifs is 1. The number of carbonyl (C=O) groups excluding carboxylic acids is 1. The maximum atomic E-state index is 11.4. The van der Waals surface area contributed by atoms with Gasteiger partial charge in [-0.15, -0.1) is 0 Å². The highest BCUT2D eigenvalue weighted by molar-refractivity contribution is 9.10. The summed E-state index contributed by atoms with van der Waals surface area (Å²) in [7, 11) is 0. The molecular weight excluding hydrogens is 456 g/mol. The van der Waals surface area contributed by atoms with Gasteiger partial charge in [0.25, 0.3) is 0 Å². The van der Waals surface area contributed by atoms with Gasteiger partial charge in [0.2, 0.25) is 12.7 Å². The molecule has 2 heterocycles. The van der Waals surface area contributed by atoms with Gasteiger partial charge in [0.15, 0.2) is 11.5 Å². The number of ether oxygens (including phenoxy) is 2. The third-order valence-corrected chi connectivity index (χ3v) is 6.67. The molecule has 0 unspecified atom stereocenters. The molecule has 29 heavy (non-hydrogen) atoms. The maximum Gasteiger partial charge on any atom is 0.248 e. The molecule has 1 fully saturated rings. The second kappa shape index (κ2) is 8.94. The van der Waals surface area contributed by atoms with Gasteiger partial charge in [0, 0.05) is 21.6 Å². The quantitative estimate of drug-likeness (QED) is 0.666. The highest BCUT2D eigenvalue weighted by Crippen LogP contribution is 2.38. The molecule has 0 bridgehead atoms. The number of primary amides is 1. The van der Waals surface area contributed by atoms with Crippen molar-refractivity contribution >= 4 is 33.4 Å². The SMILES string of the molecule is NC(=O)c1cc(Cl)cc(CCN2CCC(Cc3cc4c(cc3Br)OCO4)CC2)c1. The standard InChI is InChI=1S/C22H24BrClN2O3/c23-19-12-21-20(28-13-29-21)11-16(19)7-14-1-4-26(5-2-14)6-3-15-8-17(22(25)27)10-18(24)9-15/h8-12,14H,1-7,13H2,(H2,25,27). The number of hydrogen-bond acceptors (Lipinski definition) is 4. The summed E-state index contributed by atoms with van der Waals surface area (Å²) >= 11 is 9.79. The van der Waals surface area contributed by atoms with Crippen LogP contribution in [-0.2, 0) is 12.8 Å². The molecule has 2 aliphatic rings. The van der Waals surface area contributed by atoms with Crippen molar-refractivity contribution in [3.8, 4) is 11.5 Å². The molecule has 1 saturated heterocycles. The first-order chi connectivity index (χ1) is 14.0. The molecule has 1 amide bonds. The lowest BCUT2D eigenvalue weighted by atomic mass is 9.90. The van der Waals surface area contributed by atoms with E-state index in [0.717, 1.165) is 54.0 Å². The predicted molar refractivity (Wildman–Crippen MR) is 117 cm³/mol. The van der Waals surface area contributed by atoms with Gasteiger partial charge in [-0.3, -0.25) is 4.79 Å². The van der Waals surface area contributed by atoms with E-state index in [-0.39, 0.29) is 0 Å². The fraction of sp³-hybridized carbons (Fsp3) is 0.409. The zero-order valence-electron chi connectivity index (χ0n) is 16.1. The van der Waals surface area contributed by atoms with Gasteiger partial charge in [-0.1, -0.05) is 27.5 Å². The number of rotatable bonds is 6. The van der Waals surface area contributed by atoms with Crippen LogP contribution in [0.4, 0.5) is 0 Å². The Morgan fingerprint density at radius 1 is 1.14 bits per heavy atom. The second-order valence-corrected chi connectivity index (χ2v) is 9.04. The minimum atomic E-state index is -0.441. The number of hydrogen-bond donors (Lipinski definition) is 1. The van der Waals surface area contributed by atoms with Crippen molar-refractivity contribution in [3.63, 3.8) is 0 Å². The third kappa shape index (κ3) is 5.05. The summed E-state index contributed by atoms with van der Waals surface area (Å²) in [4.78, 5) is 13.9. The highest BCUT2D eigenvalue weighted by atomic mass is 79.9. The van der Waals surface area contributed by atoms with Crippen LogP contribution in [0, 0.1) is 5.92 Å². The van der Waals surface area contributed by atoms with Crippen LogP contribution in [0.5, 0.6) is 11.5 Å². The first-order valence-electron chi connectivity index (χ1n) is 9.87. The first kappa shape index (κ1) is 20.5. The van der Waals surface area contributed by atoms with E-state index in [0.29, 0.717) is 23.3 Å². The van der Waals surface area contributed by atoms with Crippen LogP contribution in [0.1, 0.15) is 34.3 Å². The minimum Gasteiger partial charge on any atom is -0.454 e. The third-order valence-electron chi connectivity index (χ3n) is 5.72. The van der Waals surface area contributed by atoms with Gasteiger partial charge in [-0.05, 0) is 86.1 Å². The Bertz CT molecular complexity index is 913. The normalized spacial score (nSPS) is 16.9. The Kier molecular flexibility index (Phi) is 6.32.